The second kappa shape index (κ2) is 6.73. The molecule has 0 aliphatic heterocycles. The van der Waals surface area contributed by atoms with E-state index in [-0.39, 0.29) is 12.3 Å². The monoisotopic (exact) mass is 261 g/mol. The molecule has 0 heterocycles. The highest BCUT2D eigenvalue weighted by Crippen LogP contribution is 2.13. The molecule has 0 radical (unpaired) electrons. The van der Waals surface area contributed by atoms with Crippen molar-refractivity contribution in [1.29, 1.82) is 0 Å². The maximum absolute atomic E-state index is 12.1. The third-order valence-corrected chi connectivity index (χ3v) is 3.06. The summed E-state index contributed by atoms with van der Waals surface area (Å²) < 4.78 is 0. The molecule has 1 aromatic rings. The fourth-order valence-corrected chi connectivity index (χ4v) is 1.73. The van der Waals surface area contributed by atoms with Gasteiger partial charge in [-0.05, 0) is 44.4 Å². The van der Waals surface area contributed by atoms with Crippen molar-refractivity contribution in [3.05, 3.63) is 47.0 Å². The van der Waals surface area contributed by atoms with Gasteiger partial charge in [0.25, 0.3) is 5.91 Å². The molecule has 1 unspecified atom stereocenters. The smallest absolute Gasteiger partial charge is 0.326 e. The van der Waals surface area contributed by atoms with Gasteiger partial charge in [0.05, 0.1) is 0 Å². The van der Waals surface area contributed by atoms with Gasteiger partial charge in [0.2, 0.25) is 0 Å². The zero-order valence-corrected chi connectivity index (χ0v) is 11.4. The molecule has 1 rings (SSSR count). The normalized spacial score (nSPS) is 12.4. The van der Waals surface area contributed by atoms with Crippen LogP contribution in [0.3, 0.4) is 0 Å². The van der Waals surface area contributed by atoms with Gasteiger partial charge in [0, 0.05) is 5.56 Å². The van der Waals surface area contributed by atoms with Crippen LogP contribution in [-0.4, -0.2) is 23.0 Å². The second-order valence-electron chi connectivity index (χ2n) is 4.42. The van der Waals surface area contributed by atoms with Gasteiger partial charge in [-0.1, -0.05) is 24.3 Å². The quantitative estimate of drug-likeness (QED) is 0.800. The number of amides is 1. The van der Waals surface area contributed by atoms with E-state index in [1.54, 1.807) is 24.3 Å². The molecule has 0 saturated heterocycles. The van der Waals surface area contributed by atoms with Gasteiger partial charge in [0.15, 0.2) is 0 Å². The Balaban J connectivity index is 2.88. The van der Waals surface area contributed by atoms with Crippen molar-refractivity contribution in [2.24, 2.45) is 0 Å². The molecule has 19 heavy (non-hydrogen) atoms. The summed E-state index contributed by atoms with van der Waals surface area (Å²) >= 11 is 0. The van der Waals surface area contributed by atoms with Crippen molar-refractivity contribution in [3.8, 4) is 0 Å². The third kappa shape index (κ3) is 3.95. The number of carboxylic acids is 1. The Bertz CT molecular complexity index is 506. The molecule has 102 valence electrons. The van der Waals surface area contributed by atoms with E-state index in [1.807, 2.05) is 26.8 Å². The van der Waals surface area contributed by atoms with Crippen LogP contribution in [0.25, 0.3) is 0 Å². The molecule has 4 heteroatoms. The van der Waals surface area contributed by atoms with Crippen molar-refractivity contribution < 1.29 is 14.7 Å². The van der Waals surface area contributed by atoms with E-state index in [9.17, 15) is 9.59 Å². The zero-order chi connectivity index (χ0) is 14.4. The summed E-state index contributed by atoms with van der Waals surface area (Å²) in [6, 6.07) is 4.51. The van der Waals surface area contributed by atoms with Gasteiger partial charge in [-0.3, -0.25) is 4.79 Å². The molecule has 0 aliphatic rings. The lowest BCUT2D eigenvalue weighted by molar-refractivity contribution is -0.139. The minimum absolute atomic E-state index is 0.280. The van der Waals surface area contributed by atoms with Gasteiger partial charge in [-0.2, -0.15) is 0 Å². The van der Waals surface area contributed by atoms with E-state index in [0.29, 0.717) is 5.56 Å². The van der Waals surface area contributed by atoms with E-state index >= 15 is 0 Å². The SMILES string of the molecule is C/C=C/CC(NC(=O)c1cccc(C)c1C)C(=O)O. The van der Waals surface area contributed by atoms with Crippen LogP contribution in [0, 0.1) is 13.8 Å². The van der Waals surface area contributed by atoms with Crippen LogP contribution in [0.1, 0.15) is 34.8 Å². The molecule has 0 aliphatic carbocycles. The van der Waals surface area contributed by atoms with E-state index in [2.05, 4.69) is 5.32 Å². The van der Waals surface area contributed by atoms with Crippen LogP contribution < -0.4 is 5.32 Å². The van der Waals surface area contributed by atoms with E-state index in [4.69, 9.17) is 5.11 Å². The number of carboxylic acid groups (broad SMARTS) is 1. The van der Waals surface area contributed by atoms with Gasteiger partial charge < -0.3 is 10.4 Å². The largest absolute Gasteiger partial charge is 0.480 e. The summed E-state index contributed by atoms with van der Waals surface area (Å²) in [5, 5.41) is 11.6. The average molecular weight is 261 g/mol. The summed E-state index contributed by atoms with van der Waals surface area (Å²) in [7, 11) is 0. The van der Waals surface area contributed by atoms with Crippen molar-refractivity contribution in [3.63, 3.8) is 0 Å². The zero-order valence-electron chi connectivity index (χ0n) is 11.4. The summed E-state index contributed by atoms with van der Waals surface area (Å²) in [4.78, 5) is 23.2. The molecule has 0 fully saturated rings. The molecule has 0 saturated carbocycles. The van der Waals surface area contributed by atoms with Crippen molar-refractivity contribution >= 4 is 11.9 Å². The first-order chi connectivity index (χ1) is 8.97. The highest BCUT2D eigenvalue weighted by molar-refractivity contribution is 5.98. The number of rotatable bonds is 5. The number of carbonyl (C=O) groups excluding carboxylic acids is 1. The predicted molar refractivity (Wildman–Crippen MR) is 74.2 cm³/mol. The van der Waals surface area contributed by atoms with E-state index < -0.39 is 12.0 Å². The lowest BCUT2D eigenvalue weighted by Crippen LogP contribution is -2.40. The van der Waals surface area contributed by atoms with Gasteiger partial charge in [-0.25, -0.2) is 4.79 Å². The van der Waals surface area contributed by atoms with Gasteiger partial charge >= 0.3 is 5.97 Å². The lowest BCUT2D eigenvalue weighted by atomic mass is 10.0. The molecular weight excluding hydrogens is 242 g/mol. The molecule has 0 spiro atoms. The van der Waals surface area contributed by atoms with Crippen molar-refractivity contribution in [2.45, 2.75) is 33.2 Å². The third-order valence-electron chi connectivity index (χ3n) is 3.06. The molecule has 0 aromatic heterocycles. The molecule has 2 N–H and O–H groups in total. The van der Waals surface area contributed by atoms with E-state index in [1.165, 1.54) is 0 Å². The Morgan fingerprint density at radius 1 is 1.37 bits per heavy atom. The first kappa shape index (κ1) is 15.0. The molecule has 0 bridgehead atoms. The summed E-state index contributed by atoms with van der Waals surface area (Å²) in [6.45, 7) is 5.58. The van der Waals surface area contributed by atoms with Gasteiger partial charge in [-0.15, -0.1) is 0 Å². The fraction of sp³-hybridized carbons (Fsp3) is 0.333. The molecule has 4 nitrogen and oxygen atoms in total. The second-order valence-corrected chi connectivity index (χ2v) is 4.42. The van der Waals surface area contributed by atoms with Crippen LogP contribution in [0.4, 0.5) is 0 Å². The summed E-state index contributed by atoms with van der Waals surface area (Å²) in [5.41, 5.74) is 2.40. The number of aryl methyl sites for hydroxylation is 1. The number of aliphatic carboxylic acids is 1. The van der Waals surface area contributed by atoms with E-state index in [0.717, 1.165) is 11.1 Å². The Kier molecular flexibility index (Phi) is 5.30. The Labute approximate surface area is 113 Å². The summed E-state index contributed by atoms with van der Waals surface area (Å²) in [5.74, 6) is -1.38. The number of hydrogen-bond acceptors (Lipinski definition) is 2. The van der Waals surface area contributed by atoms with Crippen LogP contribution in [0.15, 0.2) is 30.4 Å². The van der Waals surface area contributed by atoms with Crippen molar-refractivity contribution in [1.82, 2.24) is 5.32 Å². The first-order valence-electron chi connectivity index (χ1n) is 6.18. The molecule has 1 amide bonds. The minimum atomic E-state index is -1.03. The molecular formula is C15H19NO3. The number of carbonyl (C=O) groups is 2. The van der Waals surface area contributed by atoms with Crippen LogP contribution >= 0.6 is 0 Å². The highest BCUT2D eigenvalue weighted by atomic mass is 16.4. The Morgan fingerprint density at radius 2 is 2.05 bits per heavy atom. The fourth-order valence-electron chi connectivity index (χ4n) is 1.73. The minimum Gasteiger partial charge on any atom is -0.480 e. The molecule has 1 aromatic carbocycles. The highest BCUT2D eigenvalue weighted by Gasteiger charge is 2.20. The predicted octanol–water partition coefficient (Wildman–Crippen LogP) is 2.45. The van der Waals surface area contributed by atoms with Crippen molar-refractivity contribution in [2.75, 3.05) is 0 Å². The van der Waals surface area contributed by atoms with Gasteiger partial charge in [0.1, 0.15) is 6.04 Å². The number of hydrogen-bond donors (Lipinski definition) is 2. The maximum atomic E-state index is 12.1. The Hall–Kier alpha value is -2.10. The van der Waals surface area contributed by atoms with Crippen LogP contribution in [0.5, 0.6) is 0 Å². The standard InChI is InChI=1S/C15H19NO3/c1-4-5-9-13(15(18)19)16-14(17)12-8-6-7-10(2)11(12)3/h4-8,13H,9H2,1-3H3,(H,16,17)(H,18,19)/b5-4+. The topological polar surface area (TPSA) is 66.4 Å². The maximum Gasteiger partial charge on any atom is 0.326 e. The van der Waals surface area contributed by atoms with Crippen LogP contribution in [0.2, 0.25) is 0 Å². The Morgan fingerprint density at radius 3 is 2.63 bits per heavy atom. The molecule has 1 atom stereocenters. The van der Waals surface area contributed by atoms with Crippen LogP contribution in [-0.2, 0) is 4.79 Å². The lowest BCUT2D eigenvalue weighted by Gasteiger charge is -2.14. The number of nitrogens with one attached hydrogen (secondary N) is 1. The number of benzene rings is 1. The average Bonchev–Trinajstić information content (AvgIpc) is 2.37. The number of allylic oxidation sites excluding steroid dienone is 1. The first-order valence-corrected chi connectivity index (χ1v) is 6.18. The summed E-state index contributed by atoms with van der Waals surface area (Å²) in [6.07, 6.45) is 3.77.